The number of nitrogens with zero attached hydrogens (tertiary/aromatic N) is 1. The molecule has 1 aliphatic rings. The van der Waals surface area contributed by atoms with E-state index in [1.807, 2.05) is 0 Å². The Morgan fingerprint density at radius 1 is 0.952 bits per heavy atom. The first-order valence-corrected chi connectivity index (χ1v) is 8.00. The molecule has 0 bridgehead atoms. The number of rotatable bonds is 3. The van der Waals surface area contributed by atoms with Crippen LogP contribution >= 0.6 is 0 Å². The fraction of sp³-hybridized carbons (Fsp3) is 0.400. The lowest BCUT2D eigenvalue weighted by molar-refractivity contribution is 0.659. The highest BCUT2D eigenvalue weighted by Gasteiger charge is 2.37. The quantitative estimate of drug-likeness (QED) is 0.751. The molecule has 2 aromatic carbocycles. The summed E-state index contributed by atoms with van der Waals surface area (Å²) in [5.41, 5.74) is 8.63. The Morgan fingerprint density at radius 2 is 1.67 bits per heavy atom. The van der Waals surface area contributed by atoms with Crippen LogP contribution in [0.5, 0.6) is 0 Å². The first-order chi connectivity index (χ1) is 10.0. The van der Waals surface area contributed by atoms with E-state index in [9.17, 15) is 0 Å². The molecule has 0 radical (unpaired) electrons. The topological polar surface area (TPSA) is 3.24 Å². The fourth-order valence-corrected chi connectivity index (χ4v) is 3.71. The summed E-state index contributed by atoms with van der Waals surface area (Å²) >= 11 is 0. The van der Waals surface area contributed by atoms with E-state index in [1.165, 1.54) is 33.5 Å². The lowest BCUT2D eigenvalue weighted by atomic mass is 9.82. The minimum Gasteiger partial charge on any atom is -0.372 e. The maximum absolute atomic E-state index is 2.46. The van der Waals surface area contributed by atoms with Crippen LogP contribution in [0.25, 0.3) is 11.1 Å². The molecule has 3 rings (SSSR count). The highest BCUT2D eigenvalue weighted by atomic mass is 15.1. The second-order valence-corrected chi connectivity index (χ2v) is 6.55. The van der Waals surface area contributed by atoms with Gasteiger partial charge < -0.3 is 4.90 Å². The van der Waals surface area contributed by atoms with Crippen molar-refractivity contribution in [3.05, 3.63) is 53.1 Å². The molecule has 0 spiro atoms. The van der Waals surface area contributed by atoms with Gasteiger partial charge in [-0.3, -0.25) is 0 Å². The van der Waals surface area contributed by atoms with Gasteiger partial charge in [0.25, 0.3) is 0 Å². The van der Waals surface area contributed by atoms with E-state index < -0.39 is 0 Å². The van der Waals surface area contributed by atoms with Crippen LogP contribution in [0.15, 0.2) is 36.4 Å². The molecule has 21 heavy (non-hydrogen) atoms. The molecule has 0 aromatic heterocycles. The molecule has 0 amide bonds. The predicted octanol–water partition coefficient (Wildman–Crippen LogP) is 5.15. The average molecular weight is 279 g/mol. The Bertz CT molecular complexity index is 678. The molecule has 1 heteroatoms. The van der Waals surface area contributed by atoms with Crippen LogP contribution in [0, 0.1) is 6.92 Å². The highest BCUT2D eigenvalue weighted by molar-refractivity contribution is 5.90. The monoisotopic (exact) mass is 279 g/mol. The highest BCUT2D eigenvalue weighted by Crippen LogP contribution is 2.52. The molecule has 2 aromatic rings. The van der Waals surface area contributed by atoms with Gasteiger partial charge in [-0.1, -0.05) is 49.7 Å². The Labute approximate surface area is 128 Å². The van der Waals surface area contributed by atoms with Crippen molar-refractivity contribution in [2.24, 2.45) is 0 Å². The molecule has 0 saturated carbocycles. The van der Waals surface area contributed by atoms with Crippen LogP contribution in [0.3, 0.4) is 0 Å². The van der Waals surface area contributed by atoms with Gasteiger partial charge in [-0.15, -0.1) is 0 Å². The standard InChI is InChI=1S/C20H25N/c1-6-21(7-2)18-10-8-9-16-19(18)15-12-11-14(3)13-17(15)20(16,4)5/h8-13H,6-7H2,1-5H3. The summed E-state index contributed by atoms with van der Waals surface area (Å²) in [5.74, 6) is 0. The molecule has 110 valence electrons. The third-order valence-corrected chi connectivity index (χ3v) is 4.94. The zero-order valence-electron chi connectivity index (χ0n) is 13.8. The molecule has 0 unspecified atom stereocenters. The molecule has 0 heterocycles. The van der Waals surface area contributed by atoms with Crippen molar-refractivity contribution >= 4 is 5.69 Å². The lowest BCUT2D eigenvalue weighted by Crippen LogP contribution is -2.23. The number of anilines is 1. The van der Waals surface area contributed by atoms with Crippen LogP contribution in [-0.2, 0) is 5.41 Å². The van der Waals surface area contributed by atoms with Gasteiger partial charge in [0, 0.05) is 29.8 Å². The third kappa shape index (κ3) is 1.98. The molecule has 0 N–H and O–H groups in total. The van der Waals surface area contributed by atoms with Crippen LogP contribution in [0.1, 0.15) is 44.4 Å². The molecule has 1 nitrogen and oxygen atoms in total. The second kappa shape index (κ2) is 4.91. The van der Waals surface area contributed by atoms with Crippen molar-refractivity contribution in [2.45, 2.75) is 40.0 Å². The Hall–Kier alpha value is -1.76. The van der Waals surface area contributed by atoms with Crippen molar-refractivity contribution in [2.75, 3.05) is 18.0 Å². The van der Waals surface area contributed by atoms with Gasteiger partial charge in [0.15, 0.2) is 0 Å². The number of fused-ring (bicyclic) bond motifs is 3. The van der Waals surface area contributed by atoms with Gasteiger partial charge >= 0.3 is 0 Å². The summed E-state index contributed by atoms with van der Waals surface area (Å²) in [4.78, 5) is 2.46. The largest absolute Gasteiger partial charge is 0.372 e. The third-order valence-electron chi connectivity index (χ3n) is 4.94. The summed E-state index contributed by atoms with van der Waals surface area (Å²) in [5, 5.41) is 0. The molecule has 0 saturated heterocycles. The Balaban J connectivity index is 2.31. The van der Waals surface area contributed by atoms with E-state index in [1.54, 1.807) is 0 Å². The van der Waals surface area contributed by atoms with Crippen LogP contribution in [0.4, 0.5) is 5.69 Å². The molecule has 0 aliphatic heterocycles. The van der Waals surface area contributed by atoms with Gasteiger partial charge in [0.1, 0.15) is 0 Å². The van der Waals surface area contributed by atoms with E-state index in [2.05, 4.69) is 75.9 Å². The summed E-state index contributed by atoms with van der Waals surface area (Å²) in [6.45, 7) is 13.5. The summed E-state index contributed by atoms with van der Waals surface area (Å²) in [6.07, 6.45) is 0. The van der Waals surface area contributed by atoms with Gasteiger partial charge in [0.2, 0.25) is 0 Å². The second-order valence-electron chi connectivity index (χ2n) is 6.55. The SMILES string of the molecule is CCN(CC)c1cccc2c1-c1ccc(C)cc1C2(C)C. The van der Waals surface area contributed by atoms with E-state index >= 15 is 0 Å². The van der Waals surface area contributed by atoms with Crippen molar-refractivity contribution in [1.82, 2.24) is 0 Å². The predicted molar refractivity (Wildman–Crippen MR) is 92.3 cm³/mol. The summed E-state index contributed by atoms with van der Waals surface area (Å²) in [6, 6.07) is 13.7. The Morgan fingerprint density at radius 3 is 2.33 bits per heavy atom. The van der Waals surface area contributed by atoms with Crippen molar-refractivity contribution in [1.29, 1.82) is 0 Å². The van der Waals surface area contributed by atoms with Crippen molar-refractivity contribution in [3.8, 4) is 11.1 Å². The minimum absolute atomic E-state index is 0.0971. The zero-order chi connectivity index (χ0) is 15.2. The number of hydrogen-bond donors (Lipinski definition) is 0. The lowest BCUT2D eigenvalue weighted by Gasteiger charge is -2.26. The van der Waals surface area contributed by atoms with E-state index in [0.29, 0.717) is 0 Å². The van der Waals surface area contributed by atoms with Crippen LogP contribution in [-0.4, -0.2) is 13.1 Å². The Kier molecular flexibility index (Phi) is 3.32. The molecule has 1 aliphatic carbocycles. The first kappa shape index (κ1) is 14.2. The molecule has 0 fully saturated rings. The number of hydrogen-bond acceptors (Lipinski definition) is 1. The average Bonchev–Trinajstić information content (AvgIpc) is 2.70. The maximum atomic E-state index is 2.46. The van der Waals surface area contributed by atoms with E-state index in [0.717, 1.165) is 13.1 Å². The van der Waals surface area contributed by atoms with Crippen LogP contribution in [0.2, 0.25) is 0 Å². The maximum Gasteiger partial charge on any atom is 0.0448 e. The summed E-state index contributed by atoms with van der Waals surface area (Å²) < 4.78 is 0. The molecule has 0 atom stereocenters. The van der Waals surface area contributed by atoms with Crippen molar-refractivity contribution < 1.29 is 0 Å². The van der Waals surface area contributed by atoms with Gasteiger partial charge in [0.05, 0.1) is 0 Å². The van der Waals surface area contributed by atoms with Gasteiger partial charge in [-0.2, -0.15) is 0 Å². The molecular weight excluding hydrogens is 254 g/mol. The summed E-state index contributed by atoms with van der Waals surface area (Å²) in [7, 11) is 0. The first-order valence-electron chi connectivity index (χ1n) is 8.00. The number of aryl methyl sites for hydroxylation is 1. The van der Waals surface area contributed by atoms with Crippen molar-refractivity contribution in [3.63, 3.8) is 0 Å². The van der Waals surface area contributed by atoms with Gasteiger partial charge in [-0.25, -0.2) is 0 Å². The van der Waals surface area contributed by atoms with Gasteiger partial charge in [-0.05, 0) is 43.5 Å². The van der Waals surface area contributed by atoms with E-state index in [4.69, 9.17) is 0 Å². The van der Waals surface area contributed by atoms with Crippen LogP contribution < -0.4 is 4.90 Å². The smallest absolute Gasteiger partial charge is 0.0448 e. The number of benzene rings is 2. The molecular formula is C20H25N. The fourth-order valence-electron chi connectivity index (χ4n) is 3.71. The van der Waals surface area contributed by atoms with E-state index in [-0.39, 0.29) is 5.41 Å². The minimum atomic E-state index is 0.0971. The normalized spacial score (nSPS) is 14.7. The zero-order valence-corrected chi connectivity index (χ0v) is 13.8.